The lowest BCUT2D eigenvalue weighted by molar-refractivity contribution is -0.140. The minimum atomic E-state index is -0.485. The largest absolute Gasteiger partial charge is 0.490 e. The second-order valence-electron chi connectivity index (χ2n) is 9.70. The monoisotopic (exact) mass is 508 g/mol. The maximum Gasteiger partial charge on any atom is 0.336 e. The lowest BCUT2D eigenvalue weighted by Gasteiger charge is -2.38. The number of nitrogens with zero attached hydrogens (tertiary/aromatic N) is 1. The Morgan fingerprint density at radius 3 is 2.32 bits per heavy atom. The molecule has 0 amide bonds. The van der Waals surface area contributed by atoms with Gasteiger partial charge in [0.15, 0.2) is 5.78 Å². The van der Waals surface area contributed by atoms with Gasteiger partial charge in [0.2, 0.25) is 0 Å². The fourth-order valence-corrected chi connectivity index (χ4v) is 5.25. The molecule has 0 fully saturated rings. The fourth-order valence-electron chi connectivity index (χ4n) is 5.25. The van der Waals surface area contributed by atoms with Crippen LogP contribution in [-0.2, 0) is 20.9 Å². The Morgan fingerprint density at radius 2 is 1.58 bits per heavy atom. The predicted molar refractivity (Wildman–Crippen MR) is 146 cm³/mol. The van der Waals surface area contributed by atoms with Gasteiger partial charge in [0.1, 0.15) is 19.0 Å². The van der Waals surface area contributed by atoms with E-state index in [1.165, 1.54) is 0 Å². The van der Waals surface area contributed by atoms with Crippen LogP contribution in [0.15, 0.2) is 107 Å². The molecular formula is C32H32N2O4. The molecule has 6 heteroatoms. The van der Waals surface area contributed by atoms with E-state index in [2.05, 4.69) is 22.3 Å². The van der Waals surface area contributed by atoms with Gasteiger partial charge in [0.25, 0.3) is 0 Å². The standard InChI is InChI=1S/C32H32N2O4/c1-22-11-9-10-16-26(22)30-29(32(36)38-18-17-37-25-14-7-4-8-15-25)23(2)33-27-20-34(21-28(35)31(27)30)19-24-12-5-3-6-13-24/h3-16,30,33H,17-21H2,1-2H3. The van der Waals surface area contributed by atoms with Crippen molar-refractivity contribution in [2.75, 3.05) is 26.3 Å². The van der Waals surface area contributed by atoms with Crippen LogP contribution in [0.5, 0.6) is 5.75 Å². The van der Waals surface area contributed by atoms with Crippen molar-refractivity contribution in [1.29, 1.82) is 0 Å². The first-order valence-electron chi connectivity index (χ1n) is 12.9. The summed E-state index contributed by atoms with van der Waals surface area (Å²) in [6.07, 6.45) is 0. The highest BCUT2D eigenvalue weighted by Crippen LogP contribution is 2.41. The number of ether oxygens (including phenoxy) is 2. The van der Waals surface area contributed by atoms with Crippen molar-refractivity contribution in [3.63, 3.8) is 0 Å². The molecule has 3 aromatic carbocycles. The minimum absolute atomic E-state index is 0.0214. The summed E-state index contributed by atoms with van der Waals surface area (Å²) in [5.41, 5.74) is 5.82. The van der Waals surface area contributed by atoms with Crippen molar-refractivity contribution in [3.8, 4) is 5.75 Å². The number of carbonyl (C=O) groups is 2. The molecule has 1 unspecified atom stereocenters. The molecule has 0 aliphatic carbocycles. The molecule has 1 atom stereocenters. The van der Waals surface area contributed by atoms with E-state index in [9.17, 15) is 9.59 Å². The summed E-state index contributed by atoms with van der Waals surface area (Å²) in [5, 5.41) is 3.40. The number of benzene rings is 3. The van der Waals surface area contributed by atoms with Crippen LogP contribution in [-0.4, -0.2) is 43.0 Å². The van der Waals surface area contributed by atoms with E-state index in [1.54, 1.807) is 0 Å². The zero-order valence-electron chi connectivity index (χ0n) is 21.8. The van der Waals surface area contributed by atoms with E-state index in [0.29, 0.717) is 36.5 Å². The maximum absolute atomic E-state index is 13.7. The first-order chi connectivity index (χ1) is 18.5. The van der Waals surface area contributed by atoms with E-state index < -0.39 is 11.9 Å². The summed E-state index contributed by atoms with van der Waals surface area (Å²) in [7, 11) is 0. The van der Waals surface area contributed by atoms with Gasteiger partial charge in [-0.25, -0.2) is 4.79 Å². The Bertz CT molecular complexity index is 1380. The second kappa shape index (κ2) is 11.5. The molecule has 0 radical (unpaired) electrons. The molecule has 0 bridgehead atoms. The maximum atomic E-state index is 13.7. The van der Waals surface area contributed by atoms with Gasteiger partial charge in [-0.1, -0.05) is 72.8 Å². The lowest BCUT2D eigenvalue weighted by Crippen LogP contribution is -2.45. The van der Waals surface area contributed by atoms with Gasteiger partial charge < -0.3 is 14.8 Å². The van der Waals surface area contributed by atoms with Crippen molar-refractivity contribution >= 4 is 11.8 Å². The summed E-state index contributed by atoms with van der Waals surface area (Å²) in [4.78, 5) is 29.3. The first kappa shape index (κ1) is 25.5. The van der Waals surface area contributed by atoms with Gasteiger partial charge in [-0.2, -0.15) is 0 Å². The number of carbonyl (C=O) groups excluding carboxylic acids is 2. The van der Waals surface area contributed by atoms with E-state index >= 15 is 0 Å². The van der Waals surface area contributed by atoms with Crippen LogP contribution in [0.2, 0.25) is 0 Å². The molecule has 38 heavy (non-hydrogen) atoms. The van der Waals surface area contributed by atoms with Crippen molar-refractivity contribution in [3.05, 3.63) is 124 Å². The van der Waals surface area contributed by atoms with Crippen LogP contribution < -0.4 is 10.1 Å². The molecule has 0 aromatic heterocycles. The van der Waals surface area contributed by atoms with Crippen LogP contribution in [0.25, 0.3) is 0 Å². The Hall–Kier alpha value is -4.16. The first-order valence-corrected chi connectivity index (χ1v) is 12.9. The van der Waals surface area contributed by atoms with Crippen molar-refractivity contribution < 1.29 is 19.1 Å². The van der Waals surface area contributed by atoms with Crippen LogP contribution in [0, 0.1) is 6.92 Å². The molecule has 5 rings (SSSR count). The topological polar surface area (TPSA) is 67.9 Å². The van der Waals surface area contributed by atoms with Crippen LogP contribution in [0.4, 0.5) is 0 Å². The van der Waals surface area contributed by atoms with E-state index in [0.717, 1.165) is 28.1 Å². The molecule has 2 heterocycles. The average molecular weight is 509 g/mol. The minimum Gasteiger partial charge on any atom is -0.490 e. The number of dihydropyridines is 1. The molecule has 3 aromatic rings. The summed E-state index contributed by atoms with van der Waals surface area (Å²) in [5.74, 6) is -0.181. The van der Waals surface area contributed by atoms with Gasteiger partial charge >= 0.3 is 5.97 Å². The number of hydrogen-bond acceptors (Lipinski definition) is 6. The smallest absolute Gasteiger partial charge is 0.336 e. The molecular weight excluding hydrogens is 476 g/mol. The molecule has 1 N–H and O–H groups in total. The van der Waals surface area contributed by atoms with Gasteiger partial charge in [-0.3, -0.25) is 9.69 Å². The molecule has 0 saturated carbocycles. The fraction of sp³-hybridized carbons (Fsp3) is 0.250. The van der Waals surface area contributed by atoms with E-state index in [1.807, 2.05) is 86.6 Å². The van der Waals surface area contributed by atoms with Gasteiger partial charge in [-0.15, -0.1) is 0 Å². The van der Waals surface area contributed by atoms with Gasteiger partial charge in [0, 0.05) is 36.0 Å². The number of nitrogens with one attached hydrogen (secondary N) is 1. The molecule has 0 spiro atoms. The van der Waals surface area contributed by atoms with Crippen molar-refractivity contribution in [2.45, 2.75) is 26.3 Å². The predicted octanol–water partition coefficient (Wildman–Crippen LogP) is 4.92. The lowest BCUT2D eigenvalue weighted by atomic mass is 9.76. The third kappa shape index (κ3) is 5.55. The third-order valence-corrected chi connectivity index (χ3v) is 6.99. The summed E-state index contributed by atoms with van der Waals surface area (Å²) in [6, 6.07) is 27.5. The normalized spacial score (nSPS) is 17.6. The Labute approximate surface area is 223 Å². The molecule has 0 saturated heterocycles. The highest BCUT2D eigenvalue weighted by atomic mass is 16.6. The van der Waals surface area contributed by atoms with Gasteiger partial charge in [0.05, 0.1) is 12.1 Å². The number of allylic oxidation sites excluding steroid dienone is 1. The van der Waals surface area contributed by atoms with Crippen molar-refractivity contribution in [2.24, 2.45) is 0 Å². The Kier molecular flexibility index (Phi) is 7.70. The van der Waals surface area contributed by atoms with E-state index in [4.69, 9.17) is 9.47 Å². The highest BCUT2D eigenvalue weighted by molar-refractivity contribution is 6.05. The summed E-state index contributed by atoms with van der Waals surface area (Å²) >= 11 is 0. The molecule has 2 aliphatic rings. The highest BCUT2D eigenvalue weighted by Gasteiger charge is 2.41. The summed E-state index contributed by atoms with van der Waals surface area (Å²) < 4.78 is 11.4. The van der Waals surface area contributed by atoms with Crippen molar-refractivity contribution in [1.82, 2.24) is 10.2 Å². The Balaban J connectivity index is 1.39. The molecule has 2 aliphatic heterocycles. The Morgan fingerprint density at radius 1 is 0.895 bits per heavy atom. The van der Waals surface area contributed by atoms with Crippen LogP contribution >= 0.6 is 0 Å². The SMILES string of the molecule is CC1=C(C(=O)OCCOc2ccccc2)C(c2ccccc2C)C2=C(CN(Cc3ccccc3)CC2=O)N1. The average Bonchev–Trinajstić information content (AvgIpc) is 2.92. The number of Topliss-reactive ketones (excluding diaryl/α,β-unsaturated/α-hetero) is 1. The molecule has 194 valence electrons. The van der Waals surface area contributed by atoms with Crippen LogP contribution in [0.1, 0.15) is 29.5 Å². The summed E-state index contributed by atoms with van der Waals surface area (Å²) in [6.45, 7) is 5.82. The van der Waals surface area contributed by atoms with Crippen LogP contribution in [0.3, 0.4) is 0 Å². The van der Waals surface area contributed by atoms with E-state index in [-0.39, 0.29) is 19.0 Å². The second-order valence-corrected chi connectivity index (χ2v) is 9.70. The number of para-hydroxylation sites is 1. The quantitative estimate of drug-likeness (QED) is 0.344. The zero-order chi connectivity index (χ0) is 26.5. The number of rotatable bonds is 8. The number of aryl methyl sites for hydroxylation is 1. The van der Waals surface area contributed by atoms with Gasteiger partial charge in [-0.05, 0) is 42.7 Å². The molecule has 6 nitrogen and oxygen atoms in total. The third-order valence-electron chi connectivity index (χ3n) is 6.99. The number of esters is 1. The zero-order valence-corrected chi connectivity index (χ0v) is 21.8. The number of hydrogen-bond donors (Lipinski definition) is 1. The number of ketones is 1.